The van der Waals surface area contributed by atoms with Crippen molar-refractivity contribution < 1.29 is 14.4 Å². The van der Waals surface area contributed by atoms with Gasteiger partial charge in [0.15, 0.2) is 5.13 Å². The molecule has 0 radical (unpaired) electrons. The number of benzene rings is 1. The van der Waals surface area contributed by atoms with Gasteiger partial charge in [-0.3, -0.25) is 14.4 Å². The van der Waals surface area contributed by atoms with Crippen LogP contribution in [0.15, 0.2) is 29.6 Å². The first kappa shape index (κ1) is 16.6. The van der Waals surface area contributed by atoms with Crippen LogP contribution in [-0.2, 0) is 16.0 Å². The van der Waals surface area contributed by atoms with Gasteiger partial charge in [0, 0.05) is 25.0 Å². The zero-order valence-electron chi connectivity index (χ0n) is 12.7. The molecule has 3 amide bonds. The molecule has 120 valence electrons. The van der Waals surface area contributed by atoms with Crippen molar-refractivity contribution >= 4 is 39.9 Å². The third-order valence-electron chi connectivity index (χ3n) is 2.88. The Hall–Kier alpha value is -2.74. The highest BCUT2D eigenvalue weighted by Crippen LogP contribution is 2.17. The van der Waals surface area contributed by atoms with E-state index in [2.05, 4.69) is 20.9 Å². The van der Waals surface area contributed by atoms with Crippen LogP contribution in [0.3, 0.4) is 0 Å². The topological polar surface area (TPSA) is 100 Å². The number of amides is 3. The Morgan fingerprint density at radius 3 is 2.43 bits per heavy atom. The van der Waals surface area contributed by atoms with E-state index in [4.69, 9.17) is 0 Å². The van der Waals surface area contributed by atoms with Gasteiger partial charge in [-0.1, -0.05) is 12.1 Å². The summed E-state index contributed by atoms with van der Waals surface area (Å²) in [5.41, 5.74) is 1.68. The van der Waals surface area contributed by atoms with Crippen molar-refractivity contribution in [2.45, 2.75) is 13.3 Å². The van der Waals surface area contributed by atoms with E-state index >= 15 is 0 Å². The smallest absolute Gasteiger partial charge is 0.275 e. The van der Waals surface area contributed by atoms with Crippen molar-refractivity contribution in [3.05, 3.63) is 40.9 Å². The standard InChI is InChI=1S/C15H16N4O3S/c1-9(20)17-15-19-12(8-23-15)14(22)18-11-5-3-10(4-6-11)7-13(21)16-2/h3-6,8H,7H2,1-2H3,(H,16,21)(H,18,22)(H,17,19,20). The number of likely N-dealkylation sites (N-methyl/N-ethyl adjacent to an activating group) is 1. The highest BCUT2D eigenvalue weighted by molar-refractivity contribution is 7.14. The number of carbonyl (C=O) groups excluding carboxylic acids is 3. The van der Waals surface area contributed by atoms with Gasteiger partial charge in [0.2, 0.25) is 11.8 Å². The molecule has 8 heteroatoms. The summed E-state index contributed by atoms with van der Waals surface area (Å²) in [6.45, 7) is 1.38. The van der Waals surface area contributed by atoms with Crippen LogP contribution in [0.25, 0.3) is 0 Å². The van der Waals surface area contributed by atoms with Crippen LogP contribution in [-0.4, -0.2) is 29.8 Å². The van der Waals surface area contributed by atoms with Gasteiger partial charge in [0.05, 0.1) is 6.42 Å². The Morgan fingerprint density at radius 1 is 1.13 bits per heavy atom. The van der Waals surface area contributed by atoms with Gasteiger partial charge in [0.25, 0.3) is 5.91 Å². The monoisotopic (exact) mass is 332 g/mol. The lowest BCUT2D eigenvalue weighted by atomic mass is 10.1. The van der Waals surface area contributed by atoms with Crippen LogP contribution in [0, 0.1) is 0 Å². The fourth-order valence-corrected chi connectivity index (χ4v) is 2.50. The van der Waals surface area contributed by atoms with Crippen LogP contribution >= 0.6 is 11.3 Å². The maximum absolute atomic E-state index is 12.1. The number of hydrogen-bond acceptors (Lipinski definition) is 5. The molecule has 23 heavy (non-hydrogen) atoms. The van der Waals surface area contributed by atoms with Gasteiger partial charge >= 0.3 is 0 Å². The van der Waals surface area contributed by atoms with Gasteiger partial charge < -0.3 is 16.0 Å². The number of hydrogen-bond donors (Lipinski definition) is 3. The summed E-state index contributed by atoms with van der Waals surface area (Å²) in [5, 5.41) is 9.74. The Kier molecular flexibility index (Phi) is 5.42. The van der Waals surface area contributed by atoms with Gasteiger partial charge in [-0.15, -0.1) is 11.3 Å². The first-order chi connectivity index (χ1) is 11.0. The average Bonchev–Trinajstić information content (AvgIpc) is 2.97. The lowest BCUT2D eigenvalue weighted by Crippen LogP contribution is -2.19. The molecule has 3 N–H and O–H groups in total. The van der Waals surface area contributed by atoms with E-state index < -0.39 is 0 Å². The van der Waals surface area contributed by atoms with E-state index in [-0.39, 0.29) is 29.8 Å². The second kappa shape index (κ2) is 7.50. The number of nitrogens with zero attached hydrogens (tertiary/aromatic N) is 1. The van der Waals surface area contributed by atoms with E-state index in [1.807, 2.05) is 0 Å². The molecule has 0 aliphatic carbocycles. The first-order valence-electron chi connectivity index (χ1n) is 6.82. The normalized spacial score (nSPS) is 10.0. The highest BCUT2D eigenvalue weighted by Gasteiger charge is 2.12. The molecule has 1 heterocycles. The summed E-state index contributed by atoms with van der Waals surface area (Å²) in [6.07, 6.45) is 0.289. The van der Waals surface area contributed by atoms with Crippen molar-refractivity contribution in [2.24, 2.45) is 0 Å². The van der Waals surface area contributed by atoms with E-state index in [0.717, 1.165) is 5.56 Å². The second-order valence-electron chi connectivity index (χ2n) is 4.72. The molecule has 7 nitrogen and oxygen atoms in total. The minimum atomic E-state index is -0.364. The fraction of sp³-hybridized carbons (Fsp3) is 0.200. The molecule has 1 aromatic carbocycles. The number of rotatable bonds is 5. The molecule has 0 spiro atoms. The summed E-state index contributed by atoms with van der Waals surface area (Å²) in [5.74, 6) is -0.676. The zero-order valence-corrected chi connectivity index (χ0v) is 13.5. The van der Waals surface area contributed by atoms with Crippen molar-refractivity contribution in [1.29, 1.82) is 0 Å². The van der Waals surface area contributed by atoms with Crippen LogP contribution < -0.4 is 16.0 Å². The summed E-state index contributed by atoms with van der Waals surface area (Å²) >= 11 is 1.18. The van der Waals surface area contributed by atoms with Crippen LogP contribution in [0.5, 0.6) is 0 Å². The van der Waals surface area contributed by atoms with Crippen molar-refractivity contribution in [3.63, 3.8) is 0 Å². The highest BCUT2D eigenvalue weighted by atomic mass is 32.1. The Bertz CT molecular complexity index is 725. The van der Waals surface area contributed by atoms with Crippen molar-refractivity contribution in [3.8, 4) is 0 Å². The van der Waals surface area contributed by atoms with Crippen molar-refractivity contribution in [2.75, 3.05) is 17.7 Å². The van der Waals surface area contributed by atoms with Gasteiger partial charge in [0.1, 0.15) is 5.69 Å². The number of nitrogens with one attached hydrogen (secondary N) is 3. The minimum absolute atomic E-state index is 0.0743. The lowest BCUT2D eigenvalue weighted by Gasteiger charge is -2.05. The molecule has 0 saturated heterocycles. The molecule has 0 atom stereocenters. The SMILES string of the molecule is CNC(=O)Cc1ccc(NC(=O)c2csc(NC(C)=O)n2)cc1. The molecule has 2 rings (SSSR count). The van der Waals surface area contributed by atoms with Gasteiger partial charge in [-0.2, -0.15) is 0 Å². The summed E-state index contributed by atoms with van der Waals surface area (Å²) in [4.78, 5) is 38.3. The fourth-order valence-electron chi connectivity index (χ4n) is 1.76. The Balaban J connectivity index is 1.98. The number of carbonyl (C=O) groups is 3. The number of thiazole rings is 1. The van der Waals surface area contributed by atoms with Gasteiger partial charge in [-0.05, 0) is 17.7 Å². The van der Waals surface area contributed by atoms with Gasteiger partial charge in [-0.25, -0.2) is 4.98 Å². The Morgan fingerprint density at radius 2 is 1.83 bits per heavy atom. The van der Waals surface area contributed by atoms with Crippen LogP contribution in [0.1, 0.15) is 23.0 Å². The quantitative estimate of drug-likeness (QED) is 0.775. The molecule has 1 aromatic heterocycles. The van der Waals surface area contributed by atoms with E-state index in [0.29, 0.717) is 10.8 Å². The largest absolute Gasteiger partial charge is 0.359 e. The molecule has 0 bridgehead atoms. The molecule has 0 fully saturated rings. The molecule has 0 aliphatic heterocycles. The summed E-state index contributed by atoms with van der Waals surface area (Å²) in [6, 6.07) is 6.98. The van der Waals surface area contributed by atoms with E-state index in [1.54, 1.807) is 36.7 Å². The third kappa shape index (κ3) is 4.89. The predicted molar refractivity (Wildman–Crippen MR) is 88.6 cm³/mol. The minimum Gasteiger partial charge on any atom is -0.359 e. The molecule has 0 unspecified atom stereocenters. The van der Waals surface area contributed by atoms with Crippen LogP contribution in [0.4, 0.5) is 10.8 Å². The summed E-state index contributed by atoms with van der Waals surface area (Å²) < 4.78 is 0. The maximum Gasteiger partial charge on any atom is 0.275 e. The number of anilines is 2. The first-order valence-corrected chi connectivity index (χ1v) is 7.70. The maximum atomic E-state index is 12.1. The lowest BCUT2D eigenvalue weighted by molar-refractivity contribution is -0.120. The van der Waals surface area contributed by atoms with Crippen molar-refractivity contribution in [1.82, 2.24) is 10.3 Å². The molecule has 2 aromatic rings. The zero-order chi connectivity index (χ0) is 16.8. The predicted octanol–water partition coefficient (Wildman–Crippen LogP) is 1.64. The third-order valence-corrected chi connectivity index (χ3v) is 3.63. The average molecular weight is 332 g/mol. The Labute approximate surface area is 137 Å². The number of aromatic nitrogens is 1. The summed E-state index contributed by atoms with van der Waals surface area (Å²) in [7, 11) is 1.58. The van der Waals surface area contributed by atoms with Crippen LogP contribution in [0.2, 0.25) is 0 Å². The molecular formula is C15H16N4O3S. The molecular weight excluding hydrogens is 316 g/mol. The van der Waals surface area contributed by atoms with E-state index in [1.165, 1.54) is 18.3 Å². The molecule has 0 aliphatic rings. The second-order valence-corrected chi connectivity index (χ2v) is 5.58. The van der Waals surface area contributed by atoms with E-state index in [9.17, 15) is 14.4 Å². The molecule has 0 saturated carbocycles.